The molecule has 3 rings (SSSR count). The molecule has 0 aromatic carbocycles. The zero-order valence-corrected chi connectivity index (χ0v) is 17.2. The second-order valence-electron chi connectivity index (χ2n) is 8.63. The fourth-order valence-electron chi connectivity index (χ4n) is 3.81. The molecular weight excluding hydrogens is 360 g/mol. The van der Waals surface area contributed by atoms with Gasteiger partial charge in [-0.15, -0.1) is 0 Å². The molecule has 154 valence electrons. The van der Waals surface area contributed by atoms with Crippen LogP contribution in [0.3, 0.4) is 0 Å². The fourth-order valence-corrected chi connectivity index (χ4v) is 3.81. The quantitative estimate of drug-likeness (QED) is 0.734. The molecule has 1 aromatic rings. The lowest BCUT2D eigenvalue weighted by Gasteiger charge is -2.39. The maximum absolute atomic E-state index is 12.3. The molecule has 0 bridgehead atoms. The van der Waals surface area contributed by atoms with E-state index in [-0.39, 0.29) is 11.5 Å². The number of piperidine rings is 1. The fraction of sp³-hybridized carbons (Fsp3) is 0.700. The number of anilines is 1. The second-order valence-corrected chi connectivity index (χ2v) is 8.63. The molecule has 1 aromatic heterocycles. The maximum Gasteiger partial charge on any atom is 0.410 e. The topological polar surface area (TPSA) is 84.9 Å². The highest BCUT2D eigenvalue weighted by molar-refractivity contribution is 5.88. The highest BCUT2D eigenvalue weighted by Crippen LogP contribution is 2.41. The summed E-state index contributed by atoms with van der Waals surface area (Å²) in [7, 11) is 0. The van der Waals surface area contributed by atoms with Crippen molar-refractivity contribution < 1.29 is 19.1 Å². The van der Waals surface area contributed by atoms with E-state index in [9.17, 15) is 9.59 Å². The van der Waals surface area contributed by atoms with E-state index >= 15 is 0 Å². The van der Waals surface area contributed by atoms with Crippen molar-refractivity contribution in [2.45, 2.75) is 52.6 Å². The molecule has 0 aliphatic carbocycles. The summed E-state index contributed by atoms with van der Waals surface area (Å²) >= 11 is 0. The molecule has 2 fully saturated rings. The van der Waals surface area contributed by atoms with Crippen LogP contribution >= 0.6 is 0 Å². The number of carbonyl (C=O) groups excluding carboxylic acids is 2. The standard InChI is InChI=1S/C20H30N4O4/c1-5-27-16(25)15-12-21-17(22-13-15)23-9-6-20(7-10-23)8-11-24(14-20)18(26)28-19(2,3)4/h12-13H,5-11,14H2,1-4H3. The zero-order chi connectivity index (χ0) is 20.4. The summed E-state index contributed by atoms with van der Waals surface area (Å²) in [6.45, 7) is 10.9. The van der Waals surface area contributed by atoms with Gasteiger partial charge in [-0.25, -0.2) is 19.6 Å². The first kappa shape index (κ1) is 20.4. The lowest BCUT2D eigenvalue weighted by atomic mass is 9.78. The van der Waals surface area contributed by atoms with Crippen molar-refractivity contribution in [1.29, 1.82) is 0 Å². The van der Waals surface area contributed by atoms with E-state index in [1.807, 2.05) is 25.7 Å². The summed E-state index contributed by atoms with van der Waals surface area (Å²) in [5.41, 5.74) is 0.0458. The number of likely N-dealkylation sites (tertiary alicyclic amines) is 1. The van der Waals surface area contributed by atoms with Gasteiger partial charge in [0.1, 0.15) is 5.60 Å². The van der Waals surface area contributed by atoms with Crippen LogP contribution in [0.4, 0.5) is 10.7 Å². The summed E-state index contributed by atoms with van der Waals surface area (Å²) in [4.78, 5) is 36.7. The van der Waals surface area contributed by atoms with Gasteiger partial charge < -0.3 is 19.3 Å². The molecule has 8 nitrogen and oxygen atoms in total. The average Bonchev–Trinajstić information content (AvgIpc) is 3.05. The van der Waals surface area contributed by atoms with E-state index in [4.69, 9.17) is 9.47 Å². The van der Waals surface area contributed by atoms with Crippen LogP contribution in [0.15, 0.2) is 12.4 Å². The molecule has 0 saturated carbocycles. The normalized spacial score (nSPS) is 19.0. The van der Waals surface area contributed by atoms with Crippen LogP contribution in [0, 0.1) is 5.41 Å². The number of ether oxygens (including phenoxy) is 2. The number of nitrogens with zero attached hydrogens (tertiary/aromatic N) is 4. The number of hydrogen-bond donors (Lipinski definition) is 0. The molecule has 2 aliphatic rings. The number of hydrogen-bond acceptors (Lipinski definition) is 7. The first-order valence-corrected chi connectivity index (χ1v) is 9.93. The minimum Gasteiger partial charge on any atom is -0.462 e. The van der Waals surface area contributed by atoms with Crippen molar-refractivity contribution in [3.8, 4) is 0 Å². The van der Waals surface area contributed by atoms with Crippen LogP contribution in [-0.4, -0.2) is 65.3 Å². The minimum absolute atomic E-state index is 0.151. The number of aromatic nitrogens is 2. The third kappa shape index (κ3) is 4.72. The van der Waals surface area contributed by atoms with Gasteiger partial charge in [0, 0.05) is 38.6 Å². The number of esters is 1. The lowest BCUT2D eigenvalue weighted by Crippen LogP contribution is -2.43. The van der Waals surface area contributed by atoms with E-state index in [2.05, 4.69) is 14.9 Å². The molecule has 0 atom stereocenters. The van der Waals surface area contributed by atoms with Crippen LogP contribution in [0.25, 0.3) is 0 Å². The molecule has 3 heterocycles. The van der Waals surface area contributed by atoms with Crippen LogP contribution < -0.4 is 4.90 Å². The molecule has 2 saturated heterocycles. The van der Waals surface area contributed by atoms with Crippen molar-refractivity contribution in [3.63, 3.8) is 0 Å². The molecular formula is C20H30N4O4. The monoisotopic (exact) mass is 390 g/mol. The largest absolute Gasteiger partial charge is 0.462 e. The van der Waals surface area contributed by atoms with Crippen molar-refractivity contribution in [1.82, 2.24) is 14.9 Å². The number of carbonyl (C=O) groups is 2. The molecule has 8 heteroatoms. The Morgan fingerprint density at radius 3 is 2.29 bits per heavy atom. The van der Waals surface area contributed by atoms with Gasteiger partial charge in [0.2, 0.25) is 5.95 Å². The average molecular weight is 390 g/mol. The number of rotatable bonds is 3. The summed E-state index contributed by atoms with van der Waals surface area (Å²) in [5.74, 6) is 0.227. The Labute approximate surface area is 166 Å². The van der Waals surface area contributed by atoms with Crippen molar-refractivity contribution >= 4 is 18.0 Å². The second kappa shape index (κ2) is 7.93. The zero-order valence-electron chi connectivity index (χ0n) is 17.2. The third-order valence-corrected chi connectivity index (χ3v) is 5.35. The van der Waals surface area contributed by atoms with E-state index in [1.165, 1.54) is 12.4 Å². The first-order chi connectivity index (χ1) is 13.2. The molecule has 0 N–H and O–H groups in total. The van der Waals surface area contributed by atoms with Gasteiger partial charge in [-0.3, -0.25) is 0 Å². The Hall–Kier alpha value is -2.38. The summed E-state index contributed by atoms with van der Waals surface area (Å²) in [5, 5.41) is 0. The van der Waals surface area contributed by atoms with Gasteiger partial charge in [0.25, 0.3) is 0 Å². The molecule has 28 heavy (non-hydrogen) atoms. The summed E-state index contributed by atoms with van der Waals surface area (Å²) in [6, 6.07) is 0. The lowest BCUT2D eigenvalue weighted by molar-refractivity contribution is 0.0266. The minimum atomic E-state index is -0.469. The summed E-state index contributed by atoms with van der Waals surface area (Å²) in [6.07, 6.45) is 5.78. The predicted molar refractivity (Wildman–Crippen MR) is 104 cm³/mol. The Bertz CT molecular complexity index is 706. The smallest absolute Gasteiger partial charge is 0.410 e. The highest BCUT2D eigenvalue weighted by Gasteiger charge is 2.43. The SMILES string of the molecule is CCOC(=O)c1cnc(N2CCC3(CCN(C(=O)OC(C)(C)C)C3)CC2)nc1. The van der Waals surface area contributed by atoms with E-state index in [1.54, 1.807) is 6.92 Å². The van der Waals surface area contributed by atoms with E-state index in [0.717, 1.165) is 45.4 Å². The van der Waals surface area contributed by atoms with E-state index < -0.39 is 11.6 Å². The van der Waals surface area contributed by atoms with Crippen LogP contribution in [-0.2, 0) is 9.47 Å². The number of amides is 1. The van der Waals surface area contributed by atoms with Crippen molar-refractivity contribution in [3.05, 3.63) is 18.0 Å². The molecule has 1 spiro atoms. The van der Waals surface area contributed by atoms with Crippen LogP contribution in [0.2, 0.25) is 0 Å². The Kier molecular flexibility index (Phi) is 5.76. The Balaban J connectivity index is 1.55. The maximum atomic E-state index is 12.3. The van der Waals surface area contributed by atoms with Gasteiger partial charge in [0.15, 0.2) is 0 Å². The Morgan fingerprint density at radius 1 is 1.11 bits per heavy atom. The first-order valence-electron chi connectivity index (χ1n) is 9.93. The van der Waals surface area contributed by atoms with Crippen molar-refractivity contribution in [2.24, 2.45) is 5.41 Å². The molecule has 0 unspecified atom stereocenters. The Morgan fingerprint density at radius 2 is 1.71 bits per heavy atom. The van der Waals surface area contributed by atoms with Gasteiger partial charge in [0.05, 0.1) is 12.2 Å². The van der Waals surface area contributed by atoms with Crippen LogP contribution in [0.5, 0.6) is 0 Å². The molecule has 0 radical (unpaired) electrons. The van der Waals surface area contributed by atoms with Gasteiger partial charge in [-0.1, -0.05) is 0 Å². The molecule has 2 aliphatic heterocycles. The third-order valence-electron chi connectivity index (χ3n) is 5.35. The summed E-state index contributed by atoms with van der Waals surface area (Å²) < 4.78 is 10.5. The van der Waals surface area contributed by atoms with Crippen LogP contribution in [0.1, 0.15) is 57.3 Å². The highest BCUT2D eigenvalue weighted by atomic mass is 16.6. The molecule has 1 amide bonds. The van der Waals surface area contributed by atoms with Crippen molar-refractivity contribution in [2.75, 3.05) is 37.7 Å². The van der Waals surface area contributed by atoms with Gasteiger partial charge in [-0.05, 0) is 52.4 Å². The van der Waals surface area contributed by atoms with Gasteiger partial charge in [-0.2, -0.15) is 0 Å². The predicted octanol–water partition coefficient (Wildman–Crippen LogP) is 2.88. The van der Waals surface area contributed by atoms with Gasteiger partial charge >= 0.3 is 12.1 Å². The van der Waals surface area contributed by atoms with E-state index in [0.29, 0.717) is 18.1 Å².